The van der Waals surface area contributed by atoms with E-state index in [9.17, 15) is 13.2 Å². The molecule has 1 aliphatic rings. The number of benzene rings is 1. The highest BCUT2D eigenvalue weighted by Crippen LogP contribution is 2.25. The molecule has 1 aromatic carbocycles. The van der Waals surface area contributed by atoms with Crippen molar-refractivity contribution in [1.82, 2.24) is 9.29 Å². The molecule has 23 heavy (non-hydrogen) atoms. The van der Waals surface area contributed by atoms with Crippen LogP contribution in [0, 0.1) is 0 Å². The summed E-state index contributed by atoms with van der Waals surface area (Å²) in [5, 5.41) is 8.87. The first-order chi connectivity index (χ1) is 11.0. The van der Waals surface area contributed by atoms with Crippen LogP contribution in [-0.2, 0) is 10.0 Å². The number of rotatable bonds is 4. The lowest BCUT2D eigenvalue weighted by atomic mass is 10.1. The highest BCUT2D eigenvalue weighted by molar-refractivity contribution is 7.89. The fourth-order valence-electron chi connectivity index (χ4n) is 2.60. The van der Waals surface area contributed by atoms with Crippen LogP contribution in [0.4, 0.5) is 0 Å². The first kappa shape index (κ1) is 15.6. The standard InChI is InChI=1S/C16H16N2O4S/c19-16(20)15-7-6-13(11-17-15)12-4-3-5-14(10-12)23(21,22)18-8-1-2-9-18/h3-7,10-11H,1-2,8-9H2,(H,19,20). The summed E-state index contributed by atoms with van der Waals surface area (Å²) in [6, 6.07) is 9.67. The third-order valence-corrected chi connectivity index (χ3v) is 5.75. The Morgan fingerprint density at radius 3 is 2.43 bits per heavy atom. The normalized spacial score (nSPS) is 15.7. The molecule has 0 bridgehead atoms. The minimum absolute atomic E-state index is 0.0467. The van der Waals surface area contributed by atoms with E-state index in [-0.39, 0.29) is 10.6 Å². The van der Waals surface area contributed by atoms with Crippen molar-refractivity contribution < 1.29 is 18.3 Å². The van der Waals surface area contributed by atoms with Crippen molar-refractivity contribution in [2.75, 3.05) is 13.1 Å². The molecule has 2 aromatic rings. The number of hydrogen-bond acceptors (Lipinski definition) is 4. The van der Waals surface area contributed by atoms with Gasteiger partial charge in [0.2, 0.25) is 10.0 Å². The molecule has 0 atom stereocenters. The minimum atomic E-state index is -3.47. The lowest BCUT2D eigenvalue weighted by molar-refractivity contribution is 0.0690. The molecule has 6 nitrogen and oxygen atoms in total. The van der Waals surface area contributed by atoms with Gasteiger partial charge in [0.25, 0.3) is 0 Å². The highest BCUT2D eigenvalue weighted by atomic mass is 32.2. The lowest BCUT2D eigenvalue weighted by Gasteiger charge is -2.16. The van der Waals surface area contributed by atoms with E-state index in [2.05, 4.69) is 4.98 Å². The second-order valence-corrected chi connectivity index (χ2v) is 7.31. The third kappa shape index (κ3) is 3.11. The summed E-state index contributed by atoms with van der Waals surface area (Å²) in [4.78, 5) is 14.9. The minimum Gasteiger partial charge on any atom is -0.477 e. The maximum Gasteiger partial charge on any atom is 0.354 e. The second kappa shape index (κ2) is 6.10. The van der Waals surface area contributed by atoms with Gasteiger partial charge in [-0.3, -0.25) is 0 Å². The van der Waals surface area contributed by atoms with Gasteiger partial charge in [-0.2, -0.15) is 4.31 Å². The molecule has 2 heterocycles. The van der Waals surface area contributed by atoms with Gasteiger partial charge in [0.15, 0.2) is 0 Å². The number of nitrogens with zero attached hydrogens (tertiary/aromatic N) is 2. The molecule has 0 amide bonds. The van der Waals surface area contributed by atoms with Crippen molar-refractivity contribution in [2.24, 2.45) is 0 Å². The zero-order valence-electron chi connectivity index (χ0n) is 12.3. The molecule has 3 rings (SSSR count). The Kier molecular flexibility index (Phi) is 4.14. The summed E-state index contributed by atoms with van der Waals surface area (Å²) in [6.45, 7) is 1.11. The first-order valence-electron chi connectivity index (χ1n) is 7.28. The number of carbonyl (C=O) groups is 1. The Hall–Kier alpha value is -2.25. The smallest absolute Gasteiger partial charge is 0.354 e. The molecular formula is C16H16N2O4S. The molecule has 0 aliphatic carbocycles. The van der Waals surface area contributed by atoms with Crippen LogP contribution in [0.2, 0.25) is 0 Å². The molecule has 120 valence electrons. The number of carboxylic acid groups (broad SMARTS) is 1. The van der Waals surface area contributed by atoms with Gasteiger partial charge < -0.3 is 5.11 Å². The van der Waals surface area contributed by atoms with E-state index >= 15 is 0 Å². The van der Waals surface area contributed by atoms with Crippen molar-refractivity contribution in [3.63, 3.8) is 0 Å². The summed E-state index contributed by atoms with van der Waals surface area (Å²) in [5.41, 5.74) is 1.32. The fourth-order valence-corrected chi connectivity index (χ4v) is 4.17. The van der Waals surface area contributed by atoms with E-state index < -0.39 is 16.0 Å². The van der Waals surface area contributed by atoms with Gasteiger partial charge in [-0.1, -0.05) is 18.2 Å². The van der Waals surface area contributed by atoms with Gasteiger partial charge in [0.1, 0.15) is 5.69 Å². The Balaban J connectivity index is 1.95. The van der Waals surface area contributed by atoms with Crippen LogP contribution in [-0.4, -0.2) is 41.9 Å². The van der Waals surface area contributed by atoms with Gasteiger partial charge in [-0.15, -0.1) is 0 Å². The molecule has 0 saturated carbocycles. The summed E-state index contributed by atoms with van der Waals surface area (Å²) in [6.07, 6.45) is 3.21. The number of aromatic nitrogens is 1. The van der Waals surface area contributed by atoms with Crippen LogP contribution in [0.5, 0.6) is 0 Å². The van der Waals surface area contributed by atoms with Crippen molar-refractivity contribution in [3.8, 4) is 11.1 Å². The molecule has 0 unspecified atom stereocenters. The molecule has 1 aromatic heterocycles. The molecule has 1 fully saturated rings. The number of hydrogen-bond donors (Lipinski definition) is 1. The summed E-state index contributed by atoms with van der Waals surface area (Å²) in [7, 11) is -3.47. The number of carboxylic acids is 1. The van der Waals surface area contributed by atoms with Crippen LogP contribution in [0.1, 0.15) is 23.3 Å². The maximum atomic E-state index is 12.6. The van der Waals surface area contributed by atoms with E-state index in [1.54, 1.807) is 30.3 Å². The van der Waals surface area contributed by atoms with Crippen LogP contribution in [0.15, 0.2) is 47.5 Å². The fraction of sp³-hybridized carbons (Fsp3) is 0.250. The average molecular weight is 332 g/mol. The second-order valence-electron chi connectivity index (χ2n) is 5.38. The Labute approximate surface area is 134 Å². The van der Waals surface area contributed by atoms with Crippen LogP contribution >= 0.6 is 0 Å². The van der Waals surface area contributed by atoms with Crippen molar-refractivity contribution >= 4 is 16.0 Å². The molecule has 7 heteroatoms. The Morgan fingerprint density at radius 1 is 1.09 bits per heavy atom. The SMILES string of the molecule is O=C(O)c1ccc(-c2cccc(S(=O)(=O)N3CCCC3)c2)cn1. The summed E-state index contributed by atoms with van der Waals surface area (Å²) >= 11 is 0. The molecule has 1 saturated heterocycles. The van der Waals surface area contributed by atoms with Gasteiger partial charge in [-0.05, 0) is 36.6 Å². The lowest BCUT2D eigenvalue weighted by Crippen LogP contribution is -2.27. The predicted octanol–water partition coefficient (Wildman–Crippen LogP) is 2.23. The Bertz CT molecular complexity index is 825. The predicted molar refractivity (Wildman–Crippen MR) is 84.6 cm³/mol. The molecular weight excluding hydrogens is 316 g/mol. The van der Waals surface area contributed by atoms with Gasteiger partial charge in [0.05, 0.1) is 4.90 Å². The number of pyridine rings is 1. The van der Waals surface area contributed by atoms with E-state index in [1.807, 2.05) is 0 Å². The van der Waals surface area contributed by atoms with Gasteiger partial charge in [-0.25, -0.2) is 18.2 Å². The van der Waals surface area contributed by atoms with E-state index in [0.717, 1.165) is 12.8 Å². The average Bonchev–Trinajstić information content (AvgIpc) is 3.10. The van der Waals surface area contributed by atoms with E-state index in [0.29, 0.717) is 24.2 Å². The van der Waals surface area contributed by atoms with Gasteiger partial charge in [0, 0.05) is 24.8 Å². The summed E-state index contributed by atoms with van der Waals surface area (Å²) < 4.78 is 26.7. The van der Waals surface area contributed by atoms with E-state index in [4.69, 9.17) is 5.11 Å². The summed E-state index contributed by atoms with van der Waals surface area (Å²) in [5.74, 6) is -1.10. The maximum absolute atomic E-state index is 12.6. The highest BCUT2D eigenvalue weighted by Gasteiger charge is 2.27. The monoisotopic (exact) mass is 332 g/mol. The van der Waals surface area contributed by atoms with Crippen molar-refractivity contribution in [3.05, 3.63) is 48.3 Å². The van der Waals surface area contributed by atoms with Crippen LogP contribution in [0.25, 0.3) is 11.1 Å². The topological polar surface area (TPSA) is 87.6 Å². The van der Waals surface area contributed by atoms with Crippen LogP contribution < -0.4 is 0 Å². The van der Waals surface area contributed by atoms with Crippen LogP contribution in [0.3, 0.4) is 0 Å². The van der Waals surface area contributed by atoms with Crippen molar-refractivity contribution in [1.29, 1.82) is 0 Å². The zero-order valence-corrected chi connectivity index (χ0v) is 13.2. The molecule has 1 aliphatic heterocycles. The van der Waals surface area contributed by atoms with E-state index in [1.165, 1.54) is 16.6 Å². The first-order valence-corrected chi connectivity index (χ1v) is 8.72. The number of sulfonamides is 1. The van der Waals surface area contributed by atoms with Crippen molar-refractivity contribution in [2.45, 2.75) is 17.7 Å². The molecule has 0 spiro atoms. The quantitative estimate of drug-likeness (QED) is 0.927. The molecule has 0 radical (unpaired) electrons. The largest absolute Gasteiger partial charge is 0.477 e. The number of aromatic carboxylic acids is 1. The third-order valence-electron chi connectivity index (χ3n) is 3.85. The zero-order chi connectivity index (χ0) is 16.4. The molecule has 1 N–H and O–H groups in total. The Morgan fingerprint density at radius 2 is 1.83 bits per heavy atom. The van der Waals surface area contributed by atoms with Gasteiger partial charge >= 0.3 is 5.97 Å².